The van der Waals surface area contributed by atoms with E-state index in [4.69, 9.17) is 0 Å². The van der Waals surface area contributed by atoms with Gasteiger partial charge in [-0.1, -0.05) is 12.1 Å². The molecule has 0 aliphatic carbocycles. The van der Waals surface area contributed by atoms with Gasteiger partial charge in [-0.2, -0.15) is 0 Å². The van der Waals surface area contributed by atoms with E-state index in [-0.39, 0.29) is 6.03 Å². The number of benzene rings is 1. The lowest BCUT2D eigenvalue weighted by atomic mass is 9.80. The molecule has 1 fully saturated rings. The molecule has 2 amide bonds. The van der Waals surface area contributed by atoms with Gasteiger partial charge in [0, 0.05) is 17.6 Å². The molecule has 0 saturated carbocycles. The summed E-state index contributed by atoms with van der Waals surface area (Å²) in [5.74, 6) is -0.788. The van der Waals surface area contributed by atoms with Gasteiger partial charge in [0.1, 0.15) is 0 Å². The molecule has 0 radical (unpaired) electrons. The quantitative estimate of drug-likeness (QED) is 0.853. The lowest BCUT2D eigenvalue weighted by molar-refractivity contribution is -0.150. The first-order valence-electron chi connectivity index (χ1n) is 6.88. The van der Waals surface area contributed by atoms with Crippen LogP contribution in [-0.2, 0) is 4.79 Å². The van der Waals surface area contributed by atoms with E-state index < -0.39 is 11.4 Å². The van der Waals surface area contributed by atoms with Crippen LogP contribution in [-0.4, -0.2) is 35.1 Å². The van der Waals surface area contributed by atoms with Crippen LogP contribution in [0.15, 0.2) is 22.7 Å². The van der Waals surface area contributed by atoms with Crippen LogP contribution in [0, 0.1) is 12.3 Å². The summed E-state index contributed by atoms with van der Waals surface area (Å²) in [6.45, 7) is 4.61. The number of hydrogen-bond donors (Lipinski definition) is 2. The number of nitrogens with zero attached hydrogens (tertiary/aromatic N) is 1. The summed E-state index contributed by atoms with van der Waals surface area (Å²) in [7, 11) is 0. The van der Waals surface area contributed by atoms with Gasteiger partial charge in [-0.15, -0.1) is 0 Å². The summed E-state index contributed by atoms with van der Waals surface area (Å²) in [4.78, 5) is 25.1. The number of halogens is 1. The third-order valence-corrected chi connectivity index (χ3v) is 5.16. The standard InChI is InChI=1S/C15H19BrN2O3/c1-10-4-3-5-11(12(10)16)17-14(21)18-8-6-15(2,7-9-18)13(19)20/h3-5H,6-9H2,1-2H3,(H,17,21)(H,19,20). The number of carbonyl (C=O) groups is 2. The number of anilines is 1. The van der Waals surface area contributed by atoms with E-state index in [1.54, 1.807) is 11.8 Å². The van der Waals surface area contributed by atoms with Gasteiger partial charge >= 0.3 is 12.0 Å². The number of carboxylic acid groups (broad SMARTS) is 1. The van der Waals surface area contributed by atoms with Crippen molar-refractivity contribution in [1.29, 1.82) is 0 Å². The lowest BCUT2D eigenvalue weighted by Gasteiger charge is -2.36. The number of likely N-dealkylation sites (tertiary alicyclic amines) is 1. The molecule has 0 aromatic heterocycles. The first-order valence-corrected chi connectivity index (χ1v) is 7.67. The second kappa shape index (κ2) is 6.05. The van der Waals surface area contributed by atoms with Crippen LogP contribution in [0.3, 0.4) is 0 Å². The molecule has 21 heavy (non-hydrogen) atoms. The smallest absolute Gasteiger partial charge is 0.321 e. The SMILES string of the molecule is Cc1cccc(NC(=O)N2CCC(C)(C(=O)O)CC2)c1Br. The summed E-state index contributed by atoms with van der Waals surface area (Å²) >= 11 is 3.46. The van der Waals surface area contributed by atoms with Crippen molar-refractivity contribution in [1.82, 2.24) is 4.90 Å². The topological polar surface area (TPSA) is 69.6 Å². The number of rotatable bonds is 2. The molecule has 0 bridgehead atoms. The molecular formula is C15H19BrN2O3. The number of amides is 2. The van der Waals surface area contributed by atoms with Crippen LogP contribution in [0.25, 0.3) is 0 Å². The molecule has 2 N–H and O–H groups in total. The highest BCUT2D eigenvalue weighted by Crippen LogP contribution is 2.32. The highest BCUT2D eigenvalue weighted by Gasteiger charge is 2.38. The van der Waals surface area contributed by atoms with Gasteiger partial charge in [0.15, 0.2) is 0 Å². The Kier molecular flexibility index (Phi) is 4.56. The van der Waals surface area contributed by atoms with Crippen molar-refractivity contribution >= 4 is 33.6 Å². The minimum Gasteiger partial charge on any atom is -0.481 e. The number of aryl methyl sites for hydroxylation is 1. The normalized spacial score (nSPS) is 17.4. The van der Waals surface area contributed by atoms with Crippen molar-refractivity contribution in [2.45, 2.75) is 26.7 Å². The Morgan fingerprint density at radius 1 is 1.33 bits per heavy atom. The van der Waals surface area contributed by atoms with Gasteiger partial charge in [0.2, 0.25) is 0 Å². The Balaban J connectivity index is 2.00. The summed E-state index contributed by atoms with van der Waals surface area (Å²) in [6.07, 6.45) is 0.954. The average molecular weight is 355 g/mol. The first-order chi connectivity index (χ1) is 9.83. The zero-order valence-electron chi connectivity index (χ0n) is 12.1. The number of carboxylic acids is 1. The van der Waals surface area contributed by atoms with Gasteiger partial charge in [-0.25, -0.2) is 4.79 Å². The molecule has 2 rings (SSSR count). The van der Waals surface area contributed by atoms with Crippen molar-refractivity contribution in [3.05, 3.63) is 28.2 Å². The highest BCUT2D eigenvalue weighted by molar-refractivity contribution is 9.10. The largest absolute Gasteiger partial charge is 0.481 e. The number of aliphatic carboxylic acids is 1. The van der Waals surface area contributed by atoms with Crippen molar-refractivity contribution in [2.24, 2.45) is 5.41 Å². The zero-order valence-corrected chi connectivity index (χ0v) is 13.7. The van der Waals surface area contributed by atoms with Crippen molar-refractivity contribution in [3.63, 3.8) is 0 Å². The molecule has 1 aliphatic heterocycles. The second-order valence-corrected chi connectivity index (χ2v) is 6.51. The number of piperidine rings is 1. The third kappa shape index (κ3) is 3.37. The zero-order chi connectivity index (χ0) is 15.6. The summed E-state index contributed by atoms with van der Waals surface area (Å²) < 4.78 is 0.866. The fourth-order valence-electron chi connectivity index (χ4n) is 2.36. The van der Waals surface area contributed by atoms with Crippen LogP contribution in [0.1, 0.15) is 25.3 Å². The molecule has 6 heteroatoms. The fraction of sp³-hybridized carbons (Fsp3) is 0.467. The maximum absolute atomic E-state index is 12.3. The van der Waals surface area contributed by atoms with E-state index in [2.05, 4.69) is 21.2 Å². The first kappa shape index (κ1) is 15.8. The van der Waals surface area contributed by atoms with Crippen LogP contribution >= 0.6 is 15.9 Å². The third-order valence-electron chi connectivity index (χ3n) is 4.10. The van der Waals surface area contributed by atoms with Crippen molar-refractivity contribution in [3.8, 4) is 0 Å². The maximum Gasteiger partial charge on any atom is 0.321 e. The van der Waals surface area contributed by atoms with E-state index in [9.17, 15) is 14.7 Å². The Bertz CT molecular complexity index is 566. The van der Waals surface area contributed by atoms with E-state index >= 15 is 0 Å². The lowest BCUT2D eigenvalue weighted by Crippen LogP contribution is -2.46. The van der Waals surface area contributed by atoms with Gasteiger partial charge in [-0.05, 0) is 54.2 Å². The Morgan fingerprint density at radius 3 is 2.52 bits per heavy atom. The number of hydrogen-bond acceptors (Lipinski definition) is 2. The van der Waals surface area contributed by atoms with Crippen LogP contribution in [0.5, 0.6) is 0 Å². The Morgan fingerprint density at radius 2 is 1.95 bits per heavy atom. The Labute approximate surface area is 132 Å². The van der Waals surface area contributed by atoms with E-state index in [1.807, 2.05) is 25.1 Å². The van der Waals surface area contributed by atoms with Gasteiger partial charge in [0.05, 0.1) is 11.1 Å². The van der Waals surface area contributed by atoms with Gasteiger partial charge in [0.25, 0.3) is 0 Å². The van der Waals surface area contributed by atoms with E-state index in [1.165, 1.54) is 0 Å². The minimum atomic E-state index is -0.788. The number of urea groups is 1. The fourth-order valence-corrected chi connectivity index (χ4v) is 2.72. The van der Waals surface area contributed by atoms with Crippen molar-refractivity contribution in [2.75, 3.05) is 18.4 Å². The Hall–Kier alpha value is -1.56. The number of nitrogens with one attached hydrogen (secondary N) is 1. The predicted octanol–water partition coefficient (Wildman–Crippen LogP) is 3.48. The van der Waals surface area contributed by atoms with Crippen LogP contribution < -0.4 is 5.32 Å². The molecule has 0 unspecified atom stereocenters. The molecule has 1 heterocycles. The molecule has 114 valence electrons. The minimum absolute atomic E-state index is 0.186. The monoisotopic (exact) mass is 354 g/mol. The molecular weight excluding hydrogens is 336 g/mol. The summed E-state index contributed by atoms with van der Waals surface area (Å²) in [5, 5.41) is 12.1. The van der Waals surface area contributed by atoms with E-state index in [0.29, 0.717) is 25.9 Å². The molecule has 1 aromatic rings. The molecule has 0 spiro atoms. The molecule has 1 aliphatic rings. The molecule has 1 aromatic carbocycles. The van der Waals surface area contributed by atoms with E-state index in [0.717, 1.165) is 15.7 Å². The maximum atomic E-state index is 12.3. The molecule has 1 saturated heterocycles. The van der Waals surface area contributed by atoms with Crippen molar-refractivity contribution < 1.29 is 14.7 Å². The van der Waals surface area contributed by atoms with Crippen LogP contribution in [0.4, 0.5) is 10.5 Å². The average Bonchev–Trinajstić information content (AvgIpc) is 2.44. The van der Waals surface area contributed by atoms with Gasteiger partial charge < -0.3 is 15.3 Å². The molecule has 5 nitrogen and oxygen atoms in total. The predicted molar refractivity (Wildman–Crippen MR) is 84.4 cm³/mol. The second-order valence-electron chi connectivity index (χ2n) is 5.72. The van der Waals surface area contributed by atoms with Gasteiger partial charge in [-0.3, -0.25) is 4.79 Å². The molecule has 0 atom stereocenters. The highest BCUT2D eigenvalue weighted by atomic mass is 79.9. The summed E-state index contributed by atoms with van der Waals surface area (Å²) in [6, 6.07) is 5.49. The van der Waals surface area contributed by atoms with Crippen LogP contribution in [0.2, 0.25) is 0 Å². The summed E-state index contributed by atoms with van der Waals surface area (Å²) in [5.41, 5.74) is 1.05. The number of carbonyl (C=O) groups excluding carboxylic acids is 1.